The first kappa shape index (κ1) is 19.7. The van der Waals surface area contributed by atoms with Gasteiger partial charge in [0.05, 0.1) is 5.69 Å². The predicted molar refractivity (Wildman–Crippen MR) is 111 cm³/mol. The molecule has 146 valence electrons. The first-order valence-electron chi connectivity index (χ1n) is 9.32. The molecular formula is C21H25N5O2. The minimum absolute atomic E-state index is 0.0910. The van der Waals surface area contributed by atoms with Gasteiger partial charge >= 0.3 is 0 Å². The molecule has 1 amide bonds. The summed E-state index contributed by atoms with van der Waals surface area (Å²) in [4.78, 5) is 25.4. The summed E-state index contributed by atoms with van der Waals surface area (Å²) in [7, 11) is 1.62. The van der Waals surface area contributed by atoms with Gasteiger partial charge in [-0.1, -0.05) is 13.8 Å². The molecule has 0 saturated heterocycles. The van der Waals surface area contributed by atoms with Crippen LogP contribution in [0.5, 0.6) is 0 Å². The van der Waals surface area contributed by atoms with Crippen molar-refractivity contribution in [2.45, 2.75) is 26.7 Å². The number of hydrogen-bond donors (Lipinski definition) is 2. The highest BCUT2D eigenvalue weighted by Crippen LogP contribution is 2.29. The fraction of sp³-hybridized carbons (Fsp3) is 0.333. The minimum Gasteiger partial charge on any atom is -0.385 e. The van der Waals surface area contributed by atoms with Crippen molar-refractivity contribution in [3.8, 4) is 11.3 Å². The molecule has 7 nitrogen and oxygen atoms in total. The van der Waals surface area contributed by atoms with Gasteiger partial charge in [-0.25, -0.2) is 9.97 Å². The van der Waals surface area contributed by atoms with Crippen LogP contribution in [0.15, 0.2) is 36.8 Å². The summed E-state index contributed by atoms with van der Waals surface area (Å²) in [6.45, 7) is 4.49. The van der Waals surface area contributed by atoms with Crippen molar-refractivity contribution in [2.24, 2.45) is 5.92 Å². The van der Waals surface area contributed by atoms with Crippen LogP contribution in [0.4, 0.5) is 11.6 Å². The highest BCUT2D eigenvalue weighted by molar-refractivity contribution is 5.97. The average Bonchev–Trinajstić information content (AvgIpc) is 2.71. The second-order valence-electron chi connectivity index (χ2n) is 6.74. The summed E-state index contributed by atoms with van der Waals surface area (Å²) in [5, 5.41) is 4.48. The van der Waals surface area contributed by atoms with Crippen molar-refractivity contribution in [2.75, 3.05) is 24.8 Å². The Morgan fingerprint density at radius 1 is 1.32 bits per heavy atom. The van der Waals surface area contributed by atoms with Gasteiger partial charge in [0.25, 0.3) is 0 Å². The van der Waals surface area contributed by atoms with Crippen LogP contribution >= 0.6 is 0 Å². The van der Waals surface area contributed by atoms with Gasteiger partial charge in [0.2, 0.25) is 5.91 Å². The number of nitrogens with zero attached hydrogens (tertiary/aromatic N) is 3. The number of methoxy groups -OCH3 is 1. The zero-order valence-electron chi connectivity index (χ0n) is 16.4. The largest absolute Gasteiger partial charge is 0.385 e. The number of rotatable bonds is 7. The Kier molecular flexibility index (Phi) is 6.16. The lowest BCUT2D eigenvalue weighted by Gasteiger charge is -2.13. The number of pyridine rings is 3. The third kappa shape index (κ3) is 4.26. The van der Waals surface area contributed by atoms with Gasteiger partial charge in [-0.15, -0.1) is 0 Å². The summed E-state index contributed by atoms with van der Waals surface area (Å²) in [6.07, 6.45) is 6.73. The predicted octanol–water partition coefficient (Wildman–Crippen LogP) is 3.45. The van der Waals surface area contributed by atoms with E-state index in [9.17, 15) is 4.79 Å². The maximum absolute atomic E-state index is 12.3. The van der Waals surface area contributed by atoms with Crippen LogP contribution in [0.1, 0.15) is 25.8 Å². The molecule has 0 unspecified atom stereocenters. The van der Waals surface area contributed by atoms with Crippen LogP contribution in [0.25, 0.3) is 22.0 Å². The molecule has 3 heterocycles. The molecule has 7 heteroatoms. The number of carbonyl (C=O) groups excluding carboxylic acids is 1. The summed E-state index contributed by atoms with van der Waals surface area (Å²) >= 11 is 0. The first-order chi connectivity index (χ1) is 13.5. The molecule has 3 aromatic rings. The van der Waals surface area contributed by atoms with E-state index < -0.39 is 0 Å². The van der Waals surface area contributed by atoms with Gasteiger partial charge in [-0.3, -0.25) is 9.78 Å². The standard InChI is InChI=1S/C21H25N5O2/c1-4-14-5-7-23-11-16(14)18-9-15-10-19(24-12-17(15)20(22)25-18)26-21(27)13(2)6-8-28-3/h5,7,9-13H,4,6,8H2,1-3H3,(H2,22,25)(H,24,26,27)/t13-/m0/s1. The first-order valence-corrected chi connectivity index (χ1v) is 9.32. The molecule has 3 rings (SSSR count). The van der Waals surface area contributed by atoms with E-state index in [-0.39, 0.29) is 11.8 Å². The molecule has 3 N–H and O–H groups in total. The number of anilines is 2. The molecule has 0 fully saturated rings. The van der Waals surface area contributed by atoms with Crippen LogP contribution in [-0.2, 0) is 16.0 Å². The number of amides is 1. The molecule has 3 aromatic heterocycles. The summed E-state index contributed by atoms with van der Waals surface area (Å²) < 4.78 is 5.04. The van der Waals surface area contributed by atoms with Crippen molar-refractivity contribution in [3.63, 3.8) is 0 Å². The lowest BCUT2D eigenvalue weighted by atomic mass is 10.0. The Balaban J connectivity index is 1.94. The SMILES string of the molecule is CCc1ccncc1-c1cc2cc(NC(=O)[C@@H](C)CCOC)ncc2c(N)n1. The summed E-state index contributed by atoms with van der Waals surface area (Å²) in [6, 6.07) is 5.75. The Morgan fingerprint density at radius 3 is 2.89 bits per heavy atom. The van der Waals surface area contributed by atoms with E-state index >= 15 is 0 Å². The fourth-order valence-corrected chi connectivity index (χ4v) is 3.02. The van der Waals surface area contributed by atoms with Crippen LogP contribution < -0.4 is 11.1 Å². The second-order valence-corrected chi connectivity index (χ2v) is 6.74. The smallest absolute Gasteiger partial charge is 0.228 e. The number of hydrogen-bond acceptors (Lipinski definition) is 6. The minimum atomic E-state index is -0.168. The topological polar surface area (TPSA) is 103 Å². The Morgan fingerprint density at radius 2 is 2.14 bits per heavy atom. The summed E-state index contributed by atoms with van der Waals surface area (Å²) in [5.74, 6) is 0.627. The molecule has 1 atom stereocenters. The van der Waals surface area contributed by atoms with Gasteiger partial charge in [0, 0.05) is 49.2 Å². The third-order valence-corrected chi connectivity index (χ3v) is 4.77. The molecule has 0 aromatic carbocycles. The Bertz CT molecular complexity index is 990. The van der Waals surface area contributed by atoms with E-state index in [1.54, 1.807) is 25.7 Å². The van der Waals surface area contributed by atoms with E-state index in [1.165, 1.54) is 0 Å². The van der Waals surface area contributed by atoms with Crippen molar-refractivity contribution in [1.29, 1.82) is 0 Å². The van der Waals surface area contributed by atoms with Crippen molar-refractivity contribution >= 4 is 28.3 Å². The van der Waals surface area contributed by atoms with Crippen molar-refractivity contribution < 1.29 is 9.53 Å². The number of fused-ring (bicyclic) bond motifs is 1. The van der Waals surface area contributed by atoms with E-state index in [2.05, 4.69) is 27.2 Å². The monoisotopic (exact) mass is 379 g/mol. The van der Waals surface area contributed by atoms with E-state index in [0.717, 1.165) is 34.0 Å². The number of aryl methyl sites for hydroxylation is 1. The second kappa shape index (κ2) is 8.75. The van der Waals surface area contributed by atoms with Crippen LogP contribution in [0.3, 0.4) is 0 Å². The highest BCUT2D eigenvalue weighted by Gasteiger charge is 2.15. The number of ether oxygens (including phenoxy) is 1. The Hall–Kier alpha value is -3.06. The molecule has 28 heavy (non-hydrogen) atoms. The number of carbonyl (C=O) groups is 1. The van der Waals surface area contributed by atoms with Gasteiger partial charge in [-0.2, -0.15) is 0 Å². The lowest BCUT2D eigenvalue weighted by Crippen LogP contribution is -2.22. The number of nitrogens with one attached hydrogen (secondary N) is 1. The quantitative estimate of drug-likeness (QED) is 0.652. The highest BCUT2D eigenvalue weighted by atomic mass is 16.5. The molecule has 0 bridgehead atoms. The van der Waals surface area contributed by atoms with Gasteiger partial charge in [-0.05, 0) is 42.0 Å². The fourth-order valence-electron chi connectivity index (χ4n) is 3.02. The van der Waals surface area contributed by atoms with Crippen LogP contribution in [0.2, 0.25) is 0 Å². The zero-order chi connectivity index (χ0) is 20.1. The van der Waals surface area contributed by atoms with Crippen molar-refractivity contribution in [3.05, 3.63) is 42.4 Å². The van der Waals surface area contributed by atoms with Crippen LogP contribution in [-0.4, -0.2) is 34.6 Å². The van der Waals surface area contributed by atoms with Crippen LogP contribution in [0, 0.1) is 5.92 Å². The average molecular weight is 379 g/mol. The number of nitrogen functional groups attached to an aromatic ring is 1. The normalized spacial score (nSPS) is 12.1. The summed E-state index contributed by atoms with van der Waals surface area (Å²) in [5.41, 5.74) is 9.03. The van der Waals surface area contributed by atoms with Gasteiger partial charge in [0.15, 0.2) is 0 Å². The van der Waals surface area contributed by atoms with E-state index in [4.69, 9.17) is 10.5 Å². The molecule has 0 aliphatic heterocycles. The van der Waals surface area contributed by atoms with E-state index in [1.807, 2.05) is 25.1 Å². The number of aromatic nitrogens is 3. The van der Waals surface area contributed by atoms with Gasteiger partial charge in [0.1, 0.15) is 11.6 Å². The maximum Gasteiger partial charge on any atom is 0.228 e. The zero-order valence-corrected chi connectivity index (χ0v) is 16.4. The maximum atomic E-state index is 12.3. The van der Waals surface area contributed by atoms with E-state index in [0.29, 0.717) is 24.7 Å². The molecule has 0 saturated carbocycles. The molecule has 0 aliphatic rings. The molecule has 0 aliphatic carbocycles. The third-order valence-electron chi connectivity index (χ3n) is 4.77. The Labute approximate surface area is 164 Å². The molecule has 0 spiro atoms. The lowest BCUT2D eigenvalue weighted by molar-refractivity contribution is -0.119. The number of nitrogens with two attached hydrogens (primary N) is 1. The molecule has 0 radical (unpaired) electrons. The van der Waals surface area contributed by atoms with Crippen molar-refractivity contribution in [1.82, 2.24) is 15.0 Å². The molecular weight excluding hydrogens is 354 g/mol. The van der Waals surface area contributed by atoms with Gasteiger partial charge < -0.3 is 15.8 Å².